The van der Waals surface area contributed by atoms with Crippen molar-refractivity contribution in [3.8, 4) is 23.0 Å². The number of hydrogen-bond acceptors (Lipinski definition) is 24. The Hall–Kier alpha value is -10.2. The molecule has 112 heavy (non-hydrogen) atoms. The van der Waals surface area contributed by atoms with Crippen LogP contribution in [0.2, 0.25) is 0 Å². The molecule has 8 aromatic rings. The van der Waals surface area contributed by atoms with Crippen molar-refractivity contribution in [2.75, 3.05) is 28.4 Å². The van der Waals surface area contributed by atoms with E-state index in [0.29, 0.717) is 113 Å². The van der Waals surface area contributed by atoms with Gasteiger partial charge in [-0.15, -0.1) is 20.4 Å². The number of rotatable bonds is 24. The highest BCUT2D eigenvalue weighted by Gasteiger charge is 2.31. The normalized spacial score (nSPS) is 16.1. The third-order valence-corrected chi connectivity index (χ3v) is 21.2. The van der Waals surface area contributed by atoms with Crippen LogP contribution in [-0.4, -0.2) is 135 Å². The lowest BCUT2D eigenvalue weighted by Crippen LogP contribution is -2.13. The maximum atomic E-state index is 9.79. The van der Waals surface area contributed by atoms with Crippen LogP contribution in [0.3, 0.4) is 0 Å². The minimum absolute atomic E-state index is 0.0897. The molecule has 0 amide bonds. The van der Waals surface area contributed by atoms with Gasteiger partial charge in [-0.3, -0.25) is 0 Å². The van der Waals surface area contributed by atoms with E-state index in [1.807, 2.05) is 125 Å². The first-order valence-corrected chi connectivity index (χ1v) is 37.4. The van der Waals surface area contributed by atoms with E-state index in [9.17, 15) is 61.3 Å². The lowest BCUT2D eigenvalue weighted by atomic mass is 9.84. The molecule has 592 valence electrons. The predicted octanol–water partition coefficient (Wildman–Crippen LogP) is 11.6. The molecule has 0 saturated heterocycles. The highest BCUT2D eigenvalue weighted by Crippen LogP contribution is 2.41. The van der Waals surface area contributed by atoms with Crippen molar-refractivity contribution in [2.45, 2.75) is 184 Å². The topological polar surface area (TPSA) is 379 Å². The smallest absolute Gasteiger partial charge is 0.124 e. The van der Waals surface area contributed by atoms with Crippen molar-refractivity contribution in [1.29, 1.82) is 0 Å². The Labute approximate surface area is 653 Å². The summed E-state index contributed by atoms with van der Waals surface area (Å²) in [6.45, 7) is 14.4. The zero-order valence-corrected chi connectivity index (χ0v) is 65.7. The molecule has 0 radical (unpaired) electrons. The zero-order chi connectivity index (χ0) is 81.0. The fourth-order valence-corrected chi connectivity index (χ4v) is 14.9. The second-order valence-corrected chi connectivity index (χ2v) is 27.4. The van der Waals surface area contributed by atoms with Crippen molar-refractivity contribution < 1.29 is 80.2 Å². The van der Waals surface area contributed by atoms with Gasteiger partial charge >= 0.3 is 0 Å². The van der Waals surface area contributed by atoms with Crippen LogP contribution in [0, 0.1) is 0 Å². The summed E-state index contributed by atoms with van der Waals surface area (Å²) in [5.74, 6) is 2.92. The Balaban J connectivity index is 0.000000171. The van der Waals surface area contributed by atoms with Gasteiger partial charge in [-0.1, -0.05) is 76.2 Å². The summed E-state index contributed by atoms with van der Waals surface area (Å²) in [6.07, 6.45) is 3.44. The first kappa shape index (κ1) is 85.8. The molecule has 24 heteroatoms. The number of fused-ring (bicyclic) bond motifs is 4. The Morgan fingerprint density at radius 1 is 0.232 bits per heavy atom. The average molecular weight is 1530 g/mol. The summed E-state index contributed by atoms with van der Waals surface area (Å²) < 4.78 is 21.9. The van der Waals surface area contributed by atoms with Gasteiger partial charge in [0.15, 0.2) is 0 Å². The predicted molar refractivity (Wildman–Crippen MR) is 436 cm³/mol. The SMILES string of the molecule is CC[C@@H]1C(C)=NN=C(c2ccc(CO)c(CO)c2)c2cc(CO)c(OC)cc21.CC[C@@H]1C(C)=NN=C(c2ccc(CO)c(CO)c2)c2cc(CO)c(OC)cc21.CC[C@H]1C(C)=NN=C(c2ccc(CO)c(CO)c2)c2cc(CO)c(OC)cc21.CC[C@H]1C(C)=NN=C(c2ccc(CO)c(CO)c2)c2cc(CO)c(OC)cc21. The summed E-state index contributed by atoms with van der Waals surface area (Å²) in [5, 5.41) is 152. The van der Waals surface area contributed by atoms with E-state index in [4.69, 9.17) is 18.9 Å². The van der Waals surface area contributed by atoms with E-state index in [-0.39, 0.29) is 103 Å². The van der Waals surface area contributed by atoms with E-state index in [1.165, 1.54) is 0 Å². The van der Waals surface area contributed by atoms with Crippen LogP contribution < -0.4 is 18.9 Å². The minimum Gasteiger partial charge on any atom is -0.496 e. The Morgan fingerprint density at radius 3 is 0.562 bits per heavy atom. The number of benzene rings is 8. The van der Waals surface area contributed by atoms with Crippen LogP contribution >= 0.6 is 0 Å². The Morgan fingerprint density at radius 2 is 0.411 bits per heavy atom. The molecule has 0 spiro atoms. The molecule has 4 aliphatic rings. The molecule has 4 atom stereocenters. The van der Waals surface area contributed by atoms with Gasteiger partial charge in [-0.05, 0) is 193 Å². The molecule has 0 fully saturated rings. The number of hydrogen-bond donors (Lipinski definition) is 12. The van der Waals surface area contributed by atoms with E-state index in [1.54, 1.807) is 52.7 Å². The van der Waals surface area contributed by atoms with Crippen LogP contribution in [0.1, 0.15) is 238 Å². The number of aliphatic hydroxyl groups is 12. The lowest BCUT2D eigenvalue weighted by Gasteiger charge is -2.20. The fourth-order valence-electron chi connectivity index (χ4n) is 14.9. The van der Waals surface area contributed by atoms with E-state index < -0.39 is 0 Å². The molecule has 0 unspecified atom stereocenters. The van der Waals surface area contributed by atoms with Crippen LogP contribution in [0.4, 0.5) is 0 Å². The number of aliphatic hydroxyl groups excluding tert-OH is 12. The summed E-state index contributed by atoms with van der Waals surface area (Å²) in [6, 6.07) is 37.4. The number of ether oxygens (including phenoxy) is 4. The molecule has 24 nitrogen and oxygen atoms in total. The summed E-state index contributed by atoms with van der Waals surface area (Å²) in [7, 11) is 6.37. The number of methoxy groups -OCH3 is 4. The Bertz CT molecular complexity index is 4350. The van der Waals surface area contributed by atoms with Gasteiger partial charge in [-0.25, -0.2) is 0 Å². The average Bonchev–Trinajstić information content (AvgIpc) is 1.51. The van der Waals surface area contributed by atoms with Gasteiger partial charge in [-0.2, -0.15) is 20.4 Å². The first-order valence-electron chi connectivity index (χ1n) is 37.4. The molecule has 0 bridgehead atoms. The molecular weight excluding hydrogens is 1430 g/mol. The van der Waals surface area contributed by atoms with Gasteiger partial charge < -0.3 is 80.2 Å². The third kappa shape index (κ3) is 18.5. The molecule has 12 N–H and O–H groups in total. The van der Waals surface area contributed by atoms with Crippen molar-refractivity contribution in [1.82, 2.24) is 0 Å². The maximum absolute atomic E-state index is 9.79. The fraction of sp³-hybridized carbons (Fsp3) is 0.364. The van der Waals surface area contributed by atoms with E-state index in [2.05, 4.69) is 68.5 Å². The summed E-state index contributed by atoms with van der Waals surface area (Å²) >= 11 is 0. The molecular formula is C88H104N8O16. The van der Waals surface area contributed by atoms with E-state index >= 15 is 0 Å². The molecule has 8 aromatic carbocycles. The monoisotopic (exact) mass is 1530 g/mol. The molecule has 0 saturated carbocycles. The van der Waals surface area contributed by atoms with Gasteiger partial charge in [0.25, 0.3) is 0 Å². The highest BCUT2D eigenvalue weighted by atomic mass is 16.5. The van der Waals surface area contributed by atoms with Gasteiger partial charge in [0, 0.05) is 113 Å². The molecule has 12 rings (SSSR count). The summed E-state index contributed by atoms with van der Waals surface area (Å²) in [4.78, 5) is 0. The van der Waals surface area contributed by atoms with Crippen LogP contribution in [0.15, 0.2) is 162 Å². The lowest BCUT2D eigenvalue weighted by molar-refractivity contribution is 0.260. The maximum Gasteiger partial charge on any atom is 0.124 e. The minimum atomic E-state index is -0.172. The molecule has 4 aliphatic heterocycles. The van der Waals surface area contributed by atoms with Gasteiger partial charge in [0.1, 0.15) is 45.8 Å². The second kappa shape index (κ2) is 40.3. The molecule has 0 aromatic heterocycles. The van der Waals surface area contributed by atoms with Gasteiger partial charge in [0.2, 0.25) is 0 Å². The zero-order valence-electron chi connectivity index (χ0n) is 65.7. The van der Waals surface area contributed by atoms with Crippen molar-refractivity contribution >= 4 is 45.7 Å². The highest BCUT2D eigenvalue weighted by molar-refractivity contribution is 6.18. The molecule has 0 aliphatic carbocycles. The van der Waals surface area contributed by atoms with Crippen molar-refractivity contribution in [3.05, 3.63) is 255 Å². The number of nitrogens with zero attached hydrogens (tertiary/aromatic N) is 8. The Kier molecular flexibility index (Phi) is 30.9. The van der Waals surface area contributed by atoms with Crippen LogP contribution in [-0.2, 0) is 79.3 Å². The standard InChI is InChI=1S/4C22H26N2O4/c4*1-4-18-13(2)23-24-22(14-5-6-15(10-25)16(7-14)11-26)20-8-17(12-27)21(28-3)9-19(18)20/h4*5-9,18,25-27H,4,10-12H2,1-3H3/t4*18-/m1100/s1. The van der Waals surface area contributed by atoms with Crippen molar-refractivity contribution in [3.63, 3.8) is 0 Å². The first-order chi connectivity index (χ1) is 54.3. The van der Waals surface area contributed by atoms with Crippen molar-refractivity contribution in [2.24, 2.45) is 40.8 Å². The van der Waals surface area contributed by atoms with Crippen LogP contribution in [0.25, 0.3) is 0 Å². The quantitative estimate of drug-likeness (QED) is 0.0267. The van der Waals surface area contributed by atoms with Gasteiger partial charge in [0.05, 0.1) is 108 Å². The second-order valence-electron chi connectivity index (χ2n) is 27.4. The third-order valence-electron chi connectivity index (χ3n) is 21.2. The largest absolute Gasteiger partial charge is 0.496 e. The molecule has 4 heterocycles. The summed E-state index contributed by atoms with van der Waals surface area (Å²) in [5.41, 5.74) is 25.3. The van der Waals surface area contributed by atoms with E-state index in [0.717, 1.165) is 115 Å². The van der Waals surface area contributed by atoms with Crippen LogP contribution in [0.5, 0.6) is 23.0 Å².